The molecule has 0 aliphatic rings. The van der Waals surface area contributed by atoms with Crippen LogP contribution in [0.5, 0.6) is 0 Å². The predicted molar refractivity (Wildman–Crippen MR) is 253 cm³/mol. The zero-order valence-electron chi connectivity index (χ0n) is 32.7. The average Bonchev–Trinajstić information content (AvgIpc) is 3.99. The zero-order valence-corrected chi connectivity index (χ0v) is 32.7. The minimum absolute atomic E-state index is 0.596. The molecule has 0 unspecified atom stereocenters. The van der Waals surface area contributed by atoms with Gasteiger partial charge in [0.25, 0.3) is 0 Å². The molecule has 0 bridgehead atoms. The van der Waals surface area contributed by atoms with Crippen molar-refractivity contribution in [3.8, 4) is 22.9 Å². The van der Waals surface area contributed by atoms with Crippen molar-refractivity contribution in [1.82, 2.24) is 19.1 Å². The van der Waals surface area contributed by atoms with Crippen molar-refractivity contribution in [3.63, 3.8) is 0 Å². The van der Waals surface area contributed by atoms with Crippen molar-refractivity contribution in [3.05, 3.63) is 194 Å². The van der Waals surface area contributed by atoms with Gasteiger partial charge in [-0.1, -0.05) is 152 Å². The largest absolute Gasteiger partial charge is 0.452 e. The first-order chi connectivity index (χ1) is 30.3. The molecule has 5 heteroatoms. The first-order valence-corrected chi connectivity index (χ1v) is 20.8. The first-order valence-electron chi connectivity index (χ1n) is 20.8. The Bertz CT molecular complexity index is 4140. The van der Waals surface area contributed by atoms with Crippen LogP contribution in [0.4, 0.5) is 0 Å². The second-order valence-electron chi connectivity index (χ2n) is 16.0. The highest BCUT2D eigenvalue weighted by atomic mass is 16.3. The molecule has 14 rings (SSSR count). The van der Waals surface area contributed by atoms with Crippen molar-refractivity contribution < 1.29 is 4.42 Å². The summed E-state index contributed by atoms with van der Waals surface area (Å²) in [5.74, 6) is 0.596. The highest BCUT2D eigenvalue weighted by Gasteiger charge is 2.26. The number of hydrogen-bond acceptors (Lipinski definition) is 3. The van der Waals surface area contributed by atoms with E-state index in [1.165, 1.54) is 37.7 Å². The van der Waals surface area contributed by atoms with Gasteiger partial charge in [-0.15, -0.1) is 0 Å². The molecule has 61 heavy (non-hydrogen) atoms. The summed E-state index contributed by atoms with van der Waals surface area (Å²) in [4.78, 5) is 11.2. The van der Waals surface area contributed by atoms with E-state index < -0.39 is 0 Å². The predicted octanol–water partition coefficient (Wildman–Crippen LogP) is 14.8. The number of fused-ring (bicyclic) bond motifs is 18. The van der Waals surface area contributed by atoms with E-state index in [1.54, 1.807) is 0 Å². The molecule has 0 N–H and O–H groups in total. The summed E-state index contributed by atoms with van der Waals surface area (Å²) in [6.45, 7) is 0. The van der Waals surface area contributed by atoms with E-state index in [2.05, 4.69) is 191 Å². The van der Waals surface area contributed by atoms with Gasteiger partial charge in [0.1, 0.15) is 16.8 Å². The summed E-state index contributed by atoms with van der Waals surface area (Å²) in [6.07, 6.45) is 0. The Kier molecular flexibility index (Phi) is 6.49. The maximum Gasteiger partial charge on any atom is 0.236 e. The highest BCUT2D eigenvalue weighted by molar-refractivity contribution is 6.36. The van der Waals surface area contributed by atoms with Crippen LogP contribution in [-0.4, -0.2) is 19.1 Å². The van der Waals surface area contributed by atoms with E-state index in [0.717, 1.165) is 82.4 Å². The number of furan rings is 1. The fourth-order valence-corrected chi connectivity index (χ4v) is 10.4. The van der Waals surface area contributed by atoms with Gasteiger partial charge in [0.15, 0.2) is 5.58 Å². The van der Waals surface area contributed by atoms with Crippen LogP contribution in [0.1, 0.15) is 0 Å². The fourth-order valence-electron chi connectivity index (χ4n) is 10.4. The molecular formula is C56H32N4O. The van der Waals surface area contributed by atoms with Crippen molar-refractivity contribution in [2.24, 2.45) is 0 Å². The van der Waals surface area contributed by atoms with Gasteiger partial charge >= 0.3 is 0 Å². The van der Waals surface area contributed by atoms with Gasteiger partial charge in [0.05, 0.1) is 22.1 Å². The van der Waals surface area contributed by atoms with Crippen molar-refractivity contribution in [2.75, 3.05) is 0 Å². The molecule has 10 aromatic carbocycles. The van der Waals surface area contributed by atoms with Gasteiger partial charge in [-0.05, 0) is 74.8 Å². The Morgan fingerprint density at radius 2 is 0.967 bits per heavy atom. The van der Waals surface area contributed by atoms with E-state index >= 15 is 0 Å². The molecule has 4 aromatic heterocycles. The van der Waals surface area contributed by atoms with Crippen LogP contribution in [0.2, 0.25) is 0 Å². The molecule has 14 aromatic rings. The van der Waals surface area contributed by atoms with E-state index in [-0.39, 0.29) is 0 Å². The summed E-state index contributed by atoms with van der Waals surface area (Å²) in [7, 11) is 0. The van der Waals surface area contributed by atoms with Crippen LogP contribution in [0.25, 0.3) is 132 Å². The van der Waals surface area contributed by atoms with Crippen molar-refractivity contribution >= 4 is 109 Å². The molecule has 4 heterocycles. The summed E-state index contributed by atoms with van der Waals surface area (Å²) >= 11 is 0. The number of benzene rings is 10. The number of rotatable bonds is 3. The number of para-hydroxylation sites is 3. The van der Waals surface area contributed by atoms with Gasteiger partial charge < -0.3 is 8.98 Å². The van der Waals surface area contributed by atoms with Crippen LogP contribution in [0, 0.1) is 0 Å². The SMILES string of the molecule is c1ccc(-n2c3ccccc3c3c(-c4nc(-n5c6ccc7c8ccccc8c8ccccc8c7c6c6ccc7ccccc7c65)nc5c4oc4ccccc45)cccc32)cc1. The molecule has 0 saturated heterocycles. The minimum atomic E-state index is 0.596. The molecule has 0 saturated carbocycles. The molecule has 0 radical (unpaired) electrons. The lowest BCUT2D eigenvalue weighted by Crippen LogP contribution is -2.03. The van der Waals surface area contributed by atoms with E-state index in [9.17, 15) is 0 Å². The Labute approximate surface area is 347 Å². The molecule has 0 atom stereocenters. The fraction of sp³-hybridized carbons (Fsp3) is 0. The van der Waals surface area contributed by atoms with Crippen LogP contribution in [0.15, 0.2) is 199 Å². The Balaban J connectivity index is 1.18. The zero-order chi connectivity index (χ0) is 39.8. The standard InChI is InChI=1S/C56H32N4O/c1-2-16-34(17-3-1)59-45-26-12-10-23-41(45)49-43(25-14-27-46(49)59)53-55-52(42-24-11-13-28-48(42)61-55)57-56(58-53)60-47-32-31-40-38-21-7-6-19-36(38)37-20-8-9-22-39(37)50(40)51(47)44-30-29-33-15-4-5-18-35(33)54(44)60/h1-32H. The van der Waals surface area contributed by atoms with Gasteiger partial charge in [0.2, 0.25) is 5.95 Å². The smallest absolute Gasteiger partial charge is 0.236 e. The number of aromatic nitrogens is 4. The second kappa shape index (κ2) is 12.1. The summed E-state index contributed by atoms with van der Waals surface area (Å²) < 4.78 is 11.5. The minimum Gasteiger partial charge on any atom is -0.452 e. The lowest BCUT2D eigenvalue weighted by Gasteiger charge is -2.13. The molecule has 0 aliphatic carbocycles. The lowest BCUT2D eigenvalue weighted by atomic mass is 9.91. The second-order valence-corrected chi connectivity index (χ2v) is 16.0. The van der Waals surface area contributed by atoms with E-state index in [1.807, 2.05) is 12.1 Å². The molecule has 0 aliphatic heterocycles. The number of nitrogens with zero attached hydrogens (tertiary/aromatic N) is 4. The third-order valence-corrected chi connectivity index (χ3v) is 12.9. The third-order valence-electron chi connectivity index (χ3n) is 12.9. The monoisotopic (exact) mass is 776 g/mol. The molecule has 0 amide bonds. The topological polar surface area (TPSA) is 48.8 Å². The number of hydrogen-bond donors (Lipinski definition) is 0. The van der Waals surface area contributed by atoms with Gasteiger partial charge in [-0.3, -0.25) is 4.57 Å². The highest BCUT2D eigenvalue weighted by Crippen LogP contribution is 2.46. The molecule has 282 valence electrons. The molecule has 0 fully saturated rings. The lowest BCUT2D eigenvalue weighted by molar-refractivity contribution is 0.666. The van der Waals surface area contributed by atoms with Crippen LogP contribution < -0.4 is 0 Å². The Hall–Kier alpha value is -8.28. The summed E-state index contributed by atoms with van der Waals surface area (Å²) in [5.41, 5.74) is 9.44. The van der Waals surface area contributed by atoms with Crippen LogP contribution in [-0.2, 0) is 0 Å². The molecule has 5 nitrogen and oxygen atoms in total. The quantitative estimate of drug-likeness (QED) is 0.168. The van der Waals surface area contributed by atoms with Crippen molar-refractivity contribution in [1.29, 1.82) is 0 Å². The van der Waals surface area contributed by atoms with E-state index in [0.29, 0.717) is 11.5 Å². The maximum atomic E-state index is 6.81. The van der Waals surface area contributed by atoms with Gasteiger partial charge in [0, 0.05) is 49.0 Å². The van der Waals surface area contributed by atoms with Crippen LogP contribution >= 0.6 is 0 Å². The van der Waals surface area contributed by atoms with Crippen molar-refractivity contribution in [2.45, 2.75) is 0 Å². The van der Waals surface area contributed by atoms with Gasteiger partial charge in [-0.25, -0.2) is 9.97 Å². The molecule has 0 spiro atoms. The average molecular weight is 777 g/mol. The normalized spacial score (nSPS) is 12.3. The van der Waals surface area contributed by atoms with Crippen LogP contribution in [0.3, 0.4) is 0 Å². The molecular weight excluding hydrogens is 745 g/mol. The Morgan fingerprint density at radius 3 is 1.79 bits per heavy atom. The summed E-state index contributed by atoms with van der Waals surface area (Å²) in [5, 5.41) is 15.3. The Morgan fingerprint density at radius 1 is 0.361 bits per heavy atom. The van der Waals surface area contributed by atoms with Gasteiger partial charge in [-0.2, -0.15) is 0 Å². The summed E-state index contributed by atoms with van der Waals surface area (Å²) in [6, 6.07) is 69.4. The van der Waals surface area contributed by atoms with E-state index in [4.69, 9.17) is 14.4 Å². The third kappa shape index (κ3) is 4.39. The first kappa shape index (κ1) is 32.7. The maximum absolute atomic E-state index is 6.81.